The molecule has 0 N–H and O–H groups in total. The van der Waals surface area contributed by atoms with E-state index in [1.807, 2.05) is 11.3 Å². The number of nitrogens with zero attached hydrogens (tertiary/aromatic N) is 2. The number of benzene rings is 10. The molecule has 0 unspecified atom stereocenters. The average molecular weight is 1120 g/mol. The molecule has 3 aliphatic rings. The molecule has 0 atom stereocenters. The molecule has 5 heteroatoms. The van der Waals surface area contributed by atoms with Gasteiger partial charge < -0.3 is 0 Å². The normalized spacial score (nSPS) is 14.3. The fourth-order valence-corrected chi connectivity index (χ4v) is 20.1. The van der Waals surface area contributed by atoms with Crippen molar-refractivity contribution in [2.24, 2.45) is 0 Å². The Labute approximate surface area is 456 Å². The van der Waals surface area contributed by atoms with E-state index in [-0.39, 0.29) is 29.0 Å². The standard InChI is InChI=1S/C71H44N2SSe2/c1-43-15-14-16-44(39-43)45-27-30-56-63(40-45)73(48-28-32-61-53(41-48)50-21-9-12-25-60(50)72(61)49-29-34-65-54(42-49)51-22-10-13-26-64(51)74-65)62-33-31-57-66(67(62)71(56)58-35-37-75-68(58)69-59(71)36-38-76-69)52-23-8-11-24-55(52)70(57,46-17-4-2-5-18-46)47-19-6-3-7-20-47/h2-42H,1H3. The molecular formula is C71H44N2SSe2. The summed E-state index contributed by atoms with van der Waals surface area (Å²) in [4.78, 5) is 7.66. The summed E-state index contributed by atoms with van der Waals surface area (Å²) in [7, 11) is 0. The van der Waals surface area contributed by atoms with Crippen LogP contribution in [0.25, 0.3) is 78.8 Å². The first-order valence-electron chi connectivity index (χ1n) is 26.1. The molecule has 2 nitrogen and oxygen atoms in total. The molecule has 17 rings (SSSR count). The Bertz CT molecular complexity index is 4660. The van der Waals surface area contributed by atoms with Gasteiger partial charge in [0, 0.05) is 20.2 Å². The number of hydrogen-bond acceptors (Lipinski definition) is 2. The van der Waals surface area contributed by atoms with Gasteiger partial charge in [-0.25, -0.2) is 0 Å². The fourth-order valence-electron chi connectivity index (χ4n) is 14.2. The molecule has 0 fully saturated rings. The molecule has 14 aromatic rings. The van der Waals surface area contributed by atoms with Crippen LogP contribution in [0.15, 0.2) is 246 Å². The number of hydrogen-bond donors (Lipinski definition) is 0. The first kappa shape index (κ1) is 43.3. The Morgan fingerprint density at radius 3 is 1.83 bits per heavy atom. The number of aromatic nitrogens is 1. The van der Waals surface area contributed by atoms with Crippen molar-refractivity contribution in [1.82, 2.24) is 4.57 Å². The van der Waals surface area contributed by atoms with Crippen molar-refractivity contribution in [2.45, 2.75) is 17.8 Å². The van der Waals surface area contributed by atoms with Crippen LogP contribution < -0.4 is 4.90 Å². The van der Waals surface area contributed by atoms with Crippen LogP contribution in [0.4, 0.5) is 17.1 Å². The summed E-state index contributed by atoms with van der Waals surface area (Å²) in [6.45, 7) is 2.21. The van der Waals surface area contributed by atoms with E-state index in [4.69, 9.17) is 0 Å². The van der Waals surface area contributed by atoms with Gasteiger partial charge in [-0.05, 0) is 24.3 Å². The third-order valence-electron chi connectivity index (χ3n) is 17.1. The number of fused-ring (bicyclic) bond motifs is 19. The van der Waals surface area contributed by atoms with E-state index in [0.29, 0.717) is 0 Å². The maximum absolute atomic E-state index is 2.66. The van der Waals surface area contributed by atoms with E-state index in [2.05, 4.69) is 263 Å². The van der Waals surface area contributed by atoms with E-state index in [9.17, 15) is 0 Å². The van der Waals surface area contributed by atoms with Gasteiger partial charge in [0.15, 0.2) is 0 Å². The summed E-state index contributed by atoms with van der Waals surface area (Å²) < 4.78 is 8.30. The van der Waals surface area contributed by atoms with Crippen molar-refractivity contribution in [3.63, 3.8) is 0 Å². The van der Waals surface area contributed by atoms with Crippen molar-refractivity contribution in [3.05, 3.63) is 297 Å². The van der Waals surface area contributed by atoms with Gasteiger partial charge in [0.05, 0.1) is 0 Å². The van der Waals surface area contributed by atoms with Gasteiger partial charge >= 0.3 is 380 Å². The molecule has 0 bridgehead atoms. The predicted octanol–water partition coefficient (Wildman–Crippen LogP) is 17.8. The molecule has 0 amide bonds. The number of thiophene rings is 1. The molecule has 2 aliphatic carbocycles. The molecule has 10 aromatic carbocycles. The Morgan fingerprint density at radius 1 is 0.395 bits per heavy atom. The zero-order chi connectivity index (χ0) is 49.9. The molecule has 5 heterocycles. The Hall–Kier alpha value is -7.98. The van der Waals surface area contributed by atoms with E-state index < -0.39 is 10.8 Å². The maximum atomic E-state index is 2.66. The van der Waals surface area contributed by atoms with Gasteiger partial charge in [0.1, 0.15) is 0 Å². The van der Waals surface area contributed by atoms with Crippen LogP contribution in [-0.4, -0.2) is 33.6 Å². The fraction of sp³-hybridized carbons (Fsp3) is 0.0423. The molecule has 356 valence electrons. The summed E-state index contributed by atoms with van der Waals surface area (Å²) >= 11 is 2.37. The molecule has 0 radical (unpaired) electrons. The van der Waals surface area contributed by atoms with E-state index >= 15 is 0 Å². The molecule has 4 aromatic heterocycles. The van der Waals surface area contributed by atoms with Gasteiger partial charge in [-0.15, -0.1) is 11.3 Å². The van der Waals surface area contributed by atoms with Crippen molar-refractivity contribution >= 4 is 99.4 Å². The molecule has 1 aliphatic heterocycles. The summed E-state index contributed by atoms with van der Waals surface area (Å²) in [5.74, 6) is 0. The number of para-hydroxylation sites is 1. The zero-order valence-corrected chi connectivity index (χ0v) is 45.5. The van der Waals surface area contributed by atoms with Crippen molar-refractivity contribution < 1.29 is 0 Å². The Balaban J connectivity index is 1.000. The topological polar surface area (TPSA) is 8.17 Å². The first-order chi connectivity index (χ1) is 37.6. The second-order valence-electron chi connectivity index (χ2n) is 20.8. The van der Waals surface area contributed by atoms with E-state index in [1.54, 1.807) is 8.87 Å². The van der Waals surface area contributed by atoms with E-state index in [0.717, 1.165) is 5.69 Å². The quantitative estimate of drug-likeness (QED) is 0.156. The zero-order valence-electron chi connectivity index (χ0n) is 41.3. The van der Waals surface area contributed by atoms with Crippen molar-refractivity contribution in [1.29, 1.82) is 0 Å². The van der Waals surface area contributed by atoms with Crippen molar-refractivity contribution in [3.8, 4) is 36.8 Å². The molecule has 76 heavy (non-hydrogen) atoms. The molecule has 1 spiro atoms. The van der Waals surface area contributed by atoms with Crippen molar-refractivity contribution in [2.75, 3.05) is 4.90 Å². The summed E-state index contributed by atoms with van der Waals surface area (Å²) in [5, 5.41) is 5.09. The van der Waals surface area contributed by atoms with Crippen LogP contribution in [0.2, 0.25) is 0 Å². The average Bonchev–Trinajstić information content (AvgIpc) is 4.52. The summed E-state index contributed by atoms with van der Waals surface area (Å²) in [6.07, 6.45) is 0. The minimum atomic E-state index is -0.554. The van der Waals surface area contributed by atoms with Crippen LogP contribution in [0.5, 0.6) is 0 Å². The number of anilines is 3. The second-order valence-corrected chi connectivity index (χ2v) is 25.7. The number of aryl methyl sites for hydroxylation is 1. The Kier molecular flexibility index (Phi) is 9.12. The van der Waals surface area contributed by atoms with Crippen LogP contribution in [-0.2, 0) is 10.8 Å². The van der Waals surface area contributed by atoms with Crippen LogP contribution in [0.1, 0.15) is 50.1 Å². The summed E-state index contributed by atoms with van der Waals surface area (Å²) in [5.41, 5.74) is 23.4. The predicted molar refractivity (Wildman–Crippen MR) is 321 cm³/mol. The van der Waals surface area contributed by atoms with Gasteiger partial charge in [0.2, 0.25) is 0 Å². The molecular weight excluding hydrogens is 1070 g/mol. The molecule has 0 saturated heterocycles. The minimum absolute atomic E-state index is 0.250. The van der Waals surface area contributed by atoms with Gasteiger partial charge in [-0.2, -0.15) is 0 Å². The van der Waals surface area contributed by atoms with E-state index in [1.165, 1.54) is 131 Å². The van der Waals surface area contributed by atoms with Gasteiger partial charge in [-0.1, -0.05) is 24.3 Å². The summed E-state index contributed by atoms with van der Waals surface area (Å²) in [6, 6.07) is 90.8. The van der Waals surface area contributed by atoms with Crippen LogP contribution in [0.3, 0.4) is 0 Å². The SMILES string of the molecule is Cc1cccc(-c2ccc3c(c2)N(c2ccc4c(c2)c2ccccc2n4-c2ccc4sc5ccccc5c4c2)c2ccc4c(c2C32c3cc[se]c3-c3[se]ccc32)-c2ccccc2C4(c2ccccc2)c2ccccc2)c1. The Morgan fingerprint density at radius 2 is 1.04 bits per heavy atom. The molecule has 0 saturated carbocycles. The van der Waals surface area contributed by atoms with Crippen LogP contribution in [0, 0.1) is 6.92 Å². The second kappa shape index (κ2) is 16.0. The third-order valence-corrected chi connectivity index (χ3v) is 22.8. The van der Waals surface area contributed by atoms with Gasteiger partial charge in [0.25, 0.3) is 0 Å². The first-order valence-corrected chi connectivity index (χ1v) is 30.6. The monoisotopic (exact) mass is 1120 g/mol. The third kappa shape index (κ3) is 5.61. The number of rotatable bonds is 5. The van der Waals surface area contributed by atoms with Crippen LogP contribution >= 0.6 is 11.3 Å². The van der Waals surface area contributed by atoms with Gasteiger partial charge in [-0.3, -0.25) is 0 Å².